The number of amides is 2. The zero-order valence-electron chi connectivity index (χ0n) is 17.6. The molecule has 1 atom stereocenters. The van der Waals surface area contributed by atoms with E-state index in [1.165, 1.54) is 12.1 Å². The van der Waals surface area contributed by atoms with E-state index in [0.717, 1.165) is 0 Å². The molecule has 170 valence electrons. The Morgan fingerprint density at radius 2 is 1.71 bits per heavy atom. The van der Waals surface area contributed by atoms with Crippen LogP contribution in [0.2, 0.25) is 10.0 Å². The van der Waals surface area contributed by atoms with Crippen molar-refractivity contribution in [2.24, 2.45) is 5.92 Å². The molecular formula is C21H26Cl2N2O6. The molecule has 1 rings (SSSR count). The number of hydrogen-bond acceptors (Lipinski definition) is 6. The molecule has 0 aliphatic rings. The molecule has 0 heterocycles. The SMILES string of the molecule is C=C(COC(=O)c1c(Cl)cccc1Cl)C(=O)N[C@@H](CC(C)C)C(=O)NCC(=O)OCC. The van der Waals surface area contributed by atoms with Gasteiger partial charge in [-0.25, -0.2) is 4.79 Å². The molecule has 31 heavy (non-hydrogen) atoms. The van der Waals surface area contributed by atoms with E-state index in [0.29, 0.717) is 6.42 Å². The number of esters is 2. The van der Waals surface area contributed by atoms with Gasteiger partial charge in [-0.15, -0.1) is 0 Å². The summed E-state index contributed by atoms with van der Waals surface area (Å²) in [6.45, 7) is 8.46. The molecule has 0 aromatic heterocycles. The van der Waals surface area contributed by atoms with Gasteiger partial charge in [0.1, 0.15) is 19.2 Å². The van der Waals surface area contributed by atoms with Crippen LogP contribution in [0, 0.1) is 5.92 Å². The Morgan fingerprint density at radius 3 is 2.26 bits per heavy atom. The van der Waals surface area contributed by atoms with Crippen molar-refractivity contribution in [1.82, 2.24) is 10.6 Å². The van der Waals surface area contributed by atoms with Crippen LogP contribution in [0.3, 0.4) is 0 Å². The number of hydrogen-bond donors (Lipinski definition) is 2. The van der Waals surface area contributed by atoms with Crippen molar-refractivity contribution in [1.29, 1.82) is 0 Å². The van der Waals surface area contributed by atoms with E-state index in [4.69, 9.17) is 32.7 Å². The Balaban J connectivity index is 2.68. The minimum atomic E-state index is -0.910. The zero-order chi connectivity index (χ0) is 23.6. The van der Waals surface area contributed by atoms with E-state index >= 15 is 0 Å². The maximum absolute atomic E-state index is 12.4. The van der Waals surface area contributed by atoms with Crippen molar-refractivity contribution in [2.45, 2.75) is 33.2 Å². The predicted octanol–water partition coefficient (Wildman–Crippen LogP) is 2.92. The summed E-state index contributed by atoms with van der Waals surface area (Å²) in [6.07, 6.45) is 0.322. The summed E-state index contributed by atoms with van der Waals surface area (Å²) < 4.78 is 9.83. The monoisotopic (exact) mass is 472 g/mol. The fourth-order valence-corrected chi connectivity index (χ4v) is 2.99. The molecule has 2 N–H and O–H groups in total. The average molecular weight is 473 g/mol. The van der Waals surface area contributed by atoms with Gasteiger partial charge in [0, 0.05) is 5.57 Å². The highest BCUT2D eigenvalue weighted by Gasteiger charge is 2.24. The predicted molar refractivity (Wildman–Crippen MR) is 117 cm³/mol. The lowest BCUT2D eigenvalue weighted by molar-refractivity contribution is -0.143. The molecule has 1 aromatic rings. The van der Waals surface area contributed by atoms with Gasteiger partial charge < -0.3 is 20.1 Å². The first-order valence-corrected chi connectivity index (χ1v) is 10.3. The molecular weight excluding hydrogens is 447 g/mol. The second-order valence-electron chi connectivity index (χ2n) is 6.95. The van der Waals surface area contributed by atoms with Crippen LogP contribution in [0.4, 0.5) is 0 Å². The van der Waals surface area contributed by atoms with Gasteiger partial charge in [0.05, 0.1) is 22.2 Å². The topological polar surface area (TPSA) is 111 Å². The molecule has 0 saturated heterocycles. The minimum absolute atomic E-state index is 0.0185. The lowest BCUT2D eigenvalue weighted by Crippen LogP contribution is -2.49. The fourth-order valence-electron chi connectivity index (χ4n) is 2.44. The number of carbonyl (C=O) groups excluding carboxylic acids is 4. The van der Waals surface area contributed by atoms with Crippen LogP contribution in [0.5, 0.6) is 0 Å². The van der Waals surface area contributed by atoms with E-state index in [2.05, 4.69) is 17.2 Å². The van der Waals surface area contributed by atoms with Crippen molar-refractivity contribution in [3.8, 4) is 0 Å². The van der Waals surface area contributed by atoms with Crippen LogP contribution in [0.1, 0.15) is 37.6 Å². The Hall–Kier alpha value is -2.58. The first-order chi connectivity index (χ1) is 14.6. The van der Waals surface area contributed by atoms with E-state index in [-0.39, 0.29) is 40.3 Å². The maximum Gasteiger partial charge on any atom is 0.341 e. The Kier molecular flexibility index (Phi) is 11.1. The molecule has 0 fully saturated rings. The van der Waals surface area contributed by atoms with Gasteiger partial charge in [0.15, 0.2) is 0 Å². The van der Waals surface area contributed by atoms with Crippen LogP contribution in [0.25, 0.3) is 0 Å². The normalized spacial score (nSPS) is 11.4. The smallest absolute Gasteiger partial charge is 0.341 e. The first kappa shape index (κ1) is 26.5. The van der Waals surface area contributed by atoms with Crippen LogP contribution >= 0.6 is 23.2 Å². The third-order valence-electron chi connectivity index (χ3n) is 3.91. The van der Waals surface area contributed by atoms with E-state index in [1.54, 1.807) is 13.0 Å². The molecule has 0 radical (unpaired) electrons. The summed E-state index contributed by atoms with van der Waals surface area (Å²) in [5.74, 6) is -2.53. The van der Waals surface area contributed by atoms with E-state index < -0.39 is 36.4 Å². The summed E-state index contributed by atoms with van der Waals surface area (Å²) in [7, 11) is 0. The van der Waals surface area contributed by atoms with Crippen LogP contribution in [-0.4, -0.2) is 49.6 Å². The third-order valence-corrected chi connectivity index (χ3v) is 4.54. The summed E-state index contributed by atoms with van der Waals surface area (Å²) in [5, 5.41) is 5.20. The molecule has 0 bridgehead atoms. The largest absolute Gasteiger partial charge is 0.465 e. The second-order valence-corrected chi connectivity index (χ2v) is 7.77. The highest BCUT2D eigenvalue weighted by molar-refractivity contribution is 6.39. The van der Waals surface area contributed by atoms with Crippen LogP contribution < -0.4 is 10.6 Å². The van der Waals surface area contributed by atoms with Gasteiger partial charge in [-0.2, -0.15) is 0 Å². The van der Waals surface area contributed by atoms with Crippen molar-refractivity contribution in [2.75, 3.05) is 19.8 Å². The first-order valence-electron chi connectivity index (χ1n) is 9.59. The average Bonchev–Trinajstić information content (AvgIpc) is 2.69. The molecule has 0 unspecified atom stereocenters. The molecule has 2 amide bonds. The van der Waals surface area contributed by atoms with Gasteiger partial charge in [0.2, 0.25) is 5.91 Å². The lowest BCUT2D eigenvalue weighted by atomic mass is 10.0. The zero-order valence-corrected chi connectivity index (χ0v) is 19.1. The molecule has 0 spiro atoms. The highest BCUT2D eigenvalue weighted by Crippen LogP contribution is 2.25. The van der Waals surface area contributed by atoms with E-state index in [1.807, 2.05) is 13.8 Å². The summed E-state index contributed by atoms with van der Waals surface area (Å²) in [4.78, 5) is 48.5. The van der Waals surface area contributed by atoms with Crippen LogP contribution in [-0.2, 0) is 23.9 Å². The highest BCUT2D eigenvalue weighted by atomic mass is 35.5. The number of halogens is 2. The Labute approximate surface area is 191 Å². The van der Waals surface area contributed by atoms with Crippen molar-refractivity contribution in [3.05, 3.63) is 46.0 Å². The minimum Gasteiger partial charge on any atom is -0.465 e. The number of ether oxygens (including phenoxy) is 2. The van der Waals surface area contributed by atoms with Crippen molar-refractivity contribution < 1.29 is 28.7 Å². The molecule has 0 aliphatic carbocycles. The fraction of sp³-hybridized carbons (Fsp3) is 0.429. The molecule has 10 heteroatoms. The number of nitrogens with one attached hydrogen (secondary N) is 2. The number of benzene rings is 1. The Morgan fingerprint density at radius 1 is 1.10 bits per heavy atom. The second kappa shape index (κ2) is 13.0. The molecule has 1 aromatic carbocycles. The summed E-state index contributed by atoms with van der Waals surface area (Å²) in [5.41, 5.74) is -0.0986. The van der Waals surface area contributed by atoms with Gasteiger partial charge in [-0.05, 0) is 31.4 Å². The summed E-state index contributed by atoms with van der Waals surface area (Å²) >= 11 is 11.9. The van der Waals surface area contributed by atoms with Gasteiger partial charge in [-0.3, -0.25) is 14.4 Å². The Bertz CT molecular complexity index is 821. The molecule has 0 aliphatic heterocycles. The third kappa shape index (κ3) is 8.98. The molecule has 8 nitrogen and oxygen atoms in total. The van der Waals surface area contributed by atoms with Crippen LogP contribution in [0.15, 0.2) is 30.4 Å². The van der Waals surface area contributed by atoms with Crippen molar-refractivity contribution in [3.63, 3.8) is 0 Å². The maximum atomic E-state index is 12.4. The van der Waals surface area contributed by atoms with Crippen molar-refractivity contribution >= 4 is 47.0 Å². The molecule has 0 saturated carbocycles. The standard InChI is InChI=1S/C21H26Cl2N2O6/c1-5-30-17(26)10-24-20(28)16(9-12(2)3)25-19(27)13(4)11-31-21(29)18-14(22)7-6-8-15(18)23/h6-8,12,16H,4-5,9-11H2,1-3H3,(H,24,28)(H,25,27)/t16-/m0/s1. The van der Waals surface area contributed by atoms with E-state index in [9.17, 15) is 19.2 Å². The quantitative estimate of drug-likeness (QED) is 0.378. The number of carbonyl (C=O) groups is 4. The summed E-state index contributed by atoms with van der Waals surface area (Å²) in [6, 6.07) is 3.64. The van der Waals surface area contributed by atoms with Gasteiger partial charge in [-0.1, -0.05) is 49.7 Å². The van der Waals surface area contributed by atoms with Gasteiger partial charge >= 0.3 is 11.9 Å². The lowest BCUT2D eigenvalue weighted by Gasteiger charge is -2.20. The number of rotatable bonds is 11. The van der Waals surface area contributed by atoms with Gasteiger partial charge in [0.25, 0.3) is 5.91 Å².